The first kappa shape index (κ1) is 4.73. The van der Waals surface area contributed by atoms with Gasteiger partial charge >= 0.3 is 0 Å². The monoisotopic (exact) mass is 138 g/mol. The molecule has 4 fully saturated rings. The highest BCUT2D eigenvalue weighted by molar-refractivity contribution is 5.21. The summed E-state index contributed by atoms with van der Waals surface area (Å²) in [6.07, 6.45) is 4.00. The zero-order valence-electron chi connectivity index (χ0n) is 5.75. The molecule has 0 aromatic carbocycles. The van der Waals surface area contributed by atoms with Crippen molar-refractivity contribution in [3.63, 3.8) is 0 Å². The predicted octanol–water partition coefficient (Wildman–Crippen LogP) is 0.563. The smallest absolute Gasteiger partial charge is 0.0973 e. The fourth-order valence-corrected chi connectivity index (χ4v) is 3.17. The molecule has 54 valence electrons. The summed E-state index contributed by atoms with van der Waals surface area (Å²) in [7, 11) is 0. The normalized spacial score (nSPS) is 74.4. The van der Waals surface area contributed by atoms with Crippen LogP contribution in [-0.4, -0.2) is 24.4 Å². The van der Waals surface area contributed by atoms with E-state index in [2.05, 4.69) is 0 Å². The maximum atomic E-state index is 5.54. The Hall–Kier alpha value is -0.0800. The molecule has 2 saturated carbocycles. The summed E-state index contributed by atoms with van der Waals surface area (Å²) in [5.74, 6) is 1.67. The first-order valence-corrected chi connectivity index (χ1v) is 4.18. The first-order valence-electron chi connectivity index (χ1n) is 4.18. The highest BCUT2D eigenvalue weighted by Gasteiger charge is 2.73. The zero-order valence-corrected chi connectivity index (χ0v) is 5.75. The summed E-state index contributed by atoms with van der Waals surface area (Å²) in [6, 6.07) is 0. The Balaban J connectivity index is 1.84. The van der Waals surface area contributed by atoms with Gasteiger partial charge in [0.15, 0.2) is 0 Å². The molecule has 0 amide bonds. The lowest BCUT2D eigenvalue weighted by molar-refractivity contribution is 0.206. The van der Waals surface area contributed by atoms with Crippen LogP contribution in [0.5, 0.6) is 0 Å². The summed E-state index contributed by atoms with van der Waals surface area (Å²) in [5, 5.41) is 0. The molecule has 0 radical (unpaired) electrons. The molecule has 4 aliphatic rings. The van der Waals surface area contributed by atoms with Crippen LogP contribution in [0.25, 0.3) is 0 Å². The molecule has 10 heavy (non-hydrogen) atoms. The molecule has 2 nitrogen and oxygen atoms in total. The van der Waals surface area contributed by atoms with Gasteiger partial charge in [0.25, 0.3) is 0 Å². The Morgan fingerprint density at radius 1 is 1.30 bits per heavy atom. The Morgan fingerprint density at radius 3 is 2.80 bits per heavy atom. The Kier molecular flexibility index (Phi) is 0.504. The van der Waals surface area contributed by atoms with Crippen molar-refractivity contribution < 1.29 is 9.47 Å². The zero-order chi connectivity index (χ0) is 6.34. The fraction of sp³-hybridized carbons (Fsp3) is 1.00. The van der Waals surface area contributed by atoms with Crippen LogP contribution in [0.2, 0.25) is 0 Å². The Labute approximate surface area is 59.5 Å². The molecule has 2 heterocycles. The van der Waals surface area contributed by atoms with E-state index in [0.717, 1.165) is 18.4 Å². The minimum Gasteiger partial charge on any atom is -0.369 e. The number of hydrogen-bond donors (Lipinski definition) is 0. The minimum atomic E-state index is 0.350. The highest BCUT2D eigenvalue weighted by Crippen LogP contribution is 2.65. The van der Waals surface area contributed by atoms with Crippen LogP contribution in [0.15, 0.2) is 0 Å². The van der Waals surface area contributed by atoms with Crippen LogP contribution >= 0.6 is 0 Å². The molecule has 0 N–H and O–H groups in total. The van der Waals surface area contributed by atoms with Gasteiger partial charge in [0.1, 0.15) is 0 Å². The molecule has 2 aliphatic heterocycles. The molecule has 5 atom stereocenters. The van der Waals surface area contributed by atoms with Crippen LogP contribution in [0.1, 0.15) is 12.8 Å². The van der Waals surface area contributed by atoms with Crippen molar-refractivity contribution in [2.24, 2.45) is 11.8 Å². The van der Waals surface area contributed by atoms with E-state index >= 15 is 0 Å². The second kappa shape index (κ2) is 1.07. The average molecular weight is 138 g/mol. The second-order valence-corrected chi connectivity index (χ2v) is 4.23. The maximum absolute atomic E-state index is 5.54. The number of rotatable bonds is 0. The van der Waals surface area contributed by atoms with Crippen molar-refractivity contribution >= 4 is 0 Å². The quantitative estimate of drug-likeness (QED) is 0.457. The maximum Gasteiger partial charge on any atom is 0.0973 e. The van der Waals surface area contributed by atoms with Crippen molar-refractivity contribution in [1.82, 2.24) is 0 Å². The van der Waals surface area contributed by atoms with Crippen molar-refractivity contribution in [2.45, 2.75) is 30.7 Å². The van der Waals surface area contributed by atoms with Gasteiger partial charge in [-0.1, -0.05) is 0 Å². The van der Waals surface area contributed by atoms with Crippen molar-refractivity contribution in [2.75, 3.05) is 6.61 Å². The van der Waals surface area contributed by atoms with E-state index in [1.165, 1.54) is 12.8 Å². The van der Waals surface area contributed by atoms with E-state index in [0.29, 0.717) is 17.8 Å². The van der Waals surface area contributed by atoms with E-state index in [4.69, 9.17) is 9.47 Å². The third kappa shape index (κ3) is 0.330. The largest absolute Gasteiger partial charge is 0.369 e. The molecule has 0 aromatic heterocycles. The fourth-order valence-electron chi connectivity index (χ4n) is 3.17. The van der Waals surface area contributed by atoms with Crippen molar-refractivity contribution in [3.8, 4) is 0 Å². The van der Waals surface area contributed by atoms with Gasteiger partial charge in [-0.2, -0.15) is 0 Å². The summed E-state index contributed by atoms with van der Waals surface area (Å²) in [4.78, 5) is 0. The lowest BCUT2D eigenvalue weighted by Crippen LogP contribution is -2.25. The van der Waals surface area contributed by atoms with Crippen LogP contribution in [0.4, 0.5) is 0 Å². The third-order valence-electron chi connectivity index (χ3n) is 3.78. The van der Waals surface area contributed by atoms with Crippen molar-refractivity contribution in [3.05, 3.63) is 0 Å². The summed E-state index contributed by atoms with van der Waals surface area (Å²) >= 11 is 0. The molecule has 4 rings (SSSR count). The SMILES string of the molecule is C1[C@H]2C[C@]3(CO3)[C@H]1[C@@H]1O[C@H]21. The first-order chi connectivity index (χ1) is 4.89. The van der Waals surface area contributed by atoms with Gasteiger partial charge in [0, 0.05) is 5.92 Å². The highest BCUT2D eigenvalue weighted by atomic mass is 16.6. The van der Waals surface area contributed by atoms with Crippen LogP contribution in [0, 0.1) is 11.8 Å². The van der Waals surface area contributed by atoms with E-state index in [9.17, 15) is 0 Å². The summed E-state index contributed by atoms with van der Waals surface area (Å²) in [5.41, 5.74) is 0.350. The second-order valence-electron chi connectivity index (χ2n) is 4.23. The summed E-state index contributed by atoms with van der Waals surface area (Å²) < 4.78 is 11.0. The molecule has 2 heteroatoms. The lowest BCUT2D eigenvalue weighted by atomic mass is 9.89. The molecular weight excluding hydrogens is 128 g/mol. The lowest BCUT2D eigenvalue weighted by Gasteiger charge is -2.12. The van der Waals surface area contributed by atoms with Gasteiger partial charge in [-0.05, 0) is 18.8 Å². The average Bonchev–Trinajstić information content (AvgIpc) is 2.77. The number of epoxide rings is 2. The van der Waals surface area contributed by atoms with Crippen LogP contribution < -0.4 is 0 Å². The van der Waals surface area contributed by atoms with Gasteiger partial charge in [-0.3, -0.25) is 0 Å². The van der Waals surface area contributed by atoms with E-state index in [1.54, 1.807) is 0 Å². The summed E-state index contributed by atoms with van der Waals surface area (Å²) in [6.45, 7) is 1.03. The van der Waals surface area contributed by atoms with E-state index in [1.807, 2.05) is 0 Å². The third-order valence-corrected chi connectivity index (χ3v) is 3.78. The minimum absolute atomic E-state index is 0.350. The molecule has 0 unspecified atom stereocenters. The van der Waals surface area contributed by atoms with E-state index < -0.39 is 0 Å². The van der Waals surface area contributed by atoms with Gasteiger partial charge in [-0.15, -0.1) is 0 Å². The molecule has 2 saturated heterocycles. The topological polar surface area (TPSA) is 25.1 Å². The molecule has 1 spiro atoms. The van der Waals surface area contributed by atoms with Crippen LogP contribution in [0.3, 0.4) is 0 Å². The molecule has 2 aliphatic carbocycles. The predicted molar refractivity (Wildman–Crippen MR) is 33.6 cm³/mol. The standard InChI is InChI=1S/C8H10O2/c1-4-2-8(3-9-8)5(1)7-6(4)10-7/h4-7H,1-3H2/t4-,5+,6+,7-,8-/m0/s1. The number of fused-ring (bicyclic) bond motifs is 6. The van der Waals surface area contributed by atoms with Gasteiger partial charge in [0.2, 0.25) is 0 Å². The van der Waals surface area contributed by atoms with E-state index in [-0.39, 0.29) is 0 Å². The molecule has 0 aromatic rings. The number of ether oxygens (including phenoxy) is 2. The van der Waals surface area contributed by atoms with Gasteiger partial charge in [-0.25, -0.2) is 0 Å². The molecule has 2 bridgehead atoms. The Morgan fingerprint density at radius 2 is 2.20 bits per heavy atom. The van der Waals surface area contributed by atoms with Crippen LogP contribution in [-0.2, 0) is 9.47 Å². The van der Waals surface area contributed by atoms with Gasteiger partial charge < -0.3 is 9.47 Å². The Bertz CT molecular complexity index is 209. The van der Waals surface area contributed by atoms with Gasteiger partial charge in [0.05, 0.1) is 24.4 Å². The molecular formula is C8H10O2. The number of hydrogen-bond acceptors (Lipinski definition) is 2. The van der Waals surface area contributed by atoms with Crippen molar-refractivity contribution in [1.29, 1.82) is 0 Å².